The van der Waals surface area contributed by atoms with Crippen LogP contribution in [0, 0.1) is 5.92 Å². The standard InChI is InChI=1S/C32H37N3O6/c1-3-26(24-18-12-7-13-19-24)33-29(36)27(4-2)34-30(37)28(25(31(38)39)20-22-14-8-5-9-15-22)35-32(40)41-21-23-16-10-6-11-17-23/h5-19,25-28H,3-4,20-21H2,1-2H3,(H,33,36)(H,34,37)(H,35,40)(H,38,39)/t25?,26?,27-,28-/m0/s1. The van der Waals surface area contributed by atoms with Crippen LogP contribution in [0.15, 0.2) is 91.0 Å². The van der Waals surface area contributed by atoms with Crippen LogP contribution in [0.3, 0.4) is 0 Å². The molecule has 9 heteroatoms. The quantitative estimate of drug-likeness (QED) is 0.232. The molecule has 0 aliphatic carbocycles. The average molecular weight is 560 g/mol. The Morgan fingerprint density at radius 2 is 1.27 bits per heavy atom. The van der Waals surface area contributed by atoms with E-state index in [-0.39, 0.29) is 25.5 Å². The lowest BCUT2D eigenvalue weighted by molar-refractivity contribution is -0.145. The Morgan fingerprint density at radius 3 is 1.80 bits per heavy atom. The van der Waals surface area contributed by atoms with E-state index in [0.29, 0.717) is 12.0 Å². The van der Waals surface area contributed by atoms with Gasteiger partial charge in [-0.1, -0.05) is 105 Å². The number of carbonyl (C=O) groups excluding carboxylic acids is 3. The minimum atomic E-state index is -1.51. The maximum atomic E-state index is 13.6. The number of nitrogens with one attached hydrogen (secondary N) is 3. The smallest absolute Gasteiger partial charge is 0.408 e. The van der Waals surface area contributed by atoms with Crippen molar-refractivity contribution in [1.29, 1.82) is 0 Å². The number of amides is 3. The molecular formula is C32H37N3O6. The number of carboxylic acid groups (broad SMARTS) is 1. The van der Waals surface area contributed by atoms with Gasteiger partial charge in [-0.15, -0.1) is 0 Å². The van der Waals surface area contributed by atoms with Crippen molar-refractivity contribution in [3.8, 4) is 0 Å². The molecule has 0 saturated heterocycles. The molecule has 0 aliphatic heterocycles. The summed E-state index contributed by atoms with van der Waals surface area (Å²) < 4.78 is 5.28. The molecule has 0 fully saturated rings. The molecule has 216 valence electrons. The van der Waals surface area contributed by atoms with Crippen LogP contribution in [-0.2, 0) is 32.1 Å². The first kappa shape index (κ1) is 30.9. The highest BCUT2D eigenvalue weighted by Crippen LogP contribution is 2.18. The van der Waals surface area contributed by atoms with E-state index >= 15 is 0 Å². The monoisotopic (exact) mass is 559 g/mol. The van der Waals surface area contributed by atoms with Crippen LogP contribution in [0.4, 0.5) is 4.79 Å². The molecular weight excluding hydrogens is 522 g/mol. The van der Waals surface area contributed by atoms with Gasteiger partial charge in [0, 0.05) is 0 Å². The van der Waals surface area contributed by atoms with Crippen LogP contribution in [0.25, 0.3) is 0 Å². The molecule has 0 radical (unpaired) electrons. The van der Waals surface area contributed by atoms with Crippen LogP contribution in [0.5, 0.6) is 0 Å². The lowest BCUT2D eigenvalue weighted by atomic mass is 9.91. The molecule has 3 aromatic rings. The molecule has 3 aromatic carbocycles. The summed E-state index contributed by atoms with van der Waals surface area (Å²) in [7, 11) is 0. The minimum Gasteiger partial charge on any atom is -0.481 e. The van der Waals surface area contributed by atoms with E-state index in [2.05, 4.69) is 16.0 Å². The molecule has 4 N–H and O–H groups in total. The van der Waals surface area contributed by atoms with E-state index in [0.717, 1.165) is 11.1 Å². The molecule has 0 spiro atoms. The third-order valence-electron chi connectivity index (χ3n) is 6.75. The van der Waals surface area contributed by atoms with Crippen LogP contribution < -0.4 is 16.0 Å². The summed E-state index contributed by atoms with van der Waals surface area (Å²) in [5.41, 5.74) is 2.34. The number of hydrogen-bond donors (Lipinski definition) is 4. The summed E-state index contributed by atoms with van der Waals surface area (Å²) in [5, 5.41) is 18.2. The lowest BCUT2D eigenvalue weighted by Gasteiger charge is -2.27. The van der Waals surface area contributed by atoms with Gasteiger partial charge >= 0.3 is 12.1 Å². The maximum absolute atomic E-state index is 13.6. The van der Waals surface area contributed by atoms with Gasteiger partial charge in [0.15, 0.2) is 0 Å². The molecule has 0 saturated carbocycles. The zero-order valence-corrected chi connectivity index (χ0v) is 23.3. The fourth-order valence-electron chi connectivity index (χ4n) is 4.45. The van der Waals surface area contributed by atoms with E-state index in [9.17, 15) is 24.3 Å². The fraction of sp³-hybridized carbons (Fsp3) is 0.312. The number of alkyl carbamates (subject to hydrolysis) is 1. The number of carboxylic acids is 1. The SMILES string of the molecule is CCC(NC(=O)[C@H](CC)NC(=O)[C@@H](NC(=O)OCc1ccccc1)C(Cc1ccccc1)C(=O)O)c1ccccc1. The summed E-state index contributed by atoms with van der Waals surface area (Å²) in [5.74, 6) is -3.79. The van der Waals surface area contributed by atoms with Crippen LogP contribution >= 0.6 is 0 Å². The van der Waals surface area contributed by atoms with E-state index < -0.39 is 41.9 Å². The summed E-state index contributed by atoms with van der Waals surface area (Å²) in [6, 6.07) is 24.5. The second-order valence-electron chi connectivity index (χ2n) is 9.67. The highest BCUT2D eigenvalue weighted by atomic mass is 16.5. The normalized spacial score (nSPS) is 13.6. The van der Waals surface area contributed by atoms with Crippen molar-refractivity contribution < 1.29 is 29.0 Å². The Labute approximate surface area is 240 Å². The van der Waals surface area contributed by atoms with Crippen molar-refractivity contribution in [1.82, 2.24) is 16.0 Å². The highest BCUT2D eigenvalue weighted by Gasteiger charge is 2.37. The number of ether oxygens (including phenoxy) is 1. The summed E-state index contributed by atoms with van der Waals surface area (Å²) in [6.07, 6.45) is -0.0802. The van der Waals surface area contributed by atoms with Crippen molar-refractivity contribution in [3.63, 3.8) is 0 Å². The molecule has 4 atom stereocenters. The largest absolute Gasteiger partial charge is 0.481 e. The third-order valence-corrected chi connectivity index (χ3v) is 6.75. The molecule has 2 unspecified atom stereocenters. The van der Waals surface area contributed by atoms with Gasteiger partial charge in [-0.3, -0.25) is 14.4 Å². The third kappa shape index (κ3) is 9.49. The fourth-order valence-corrected chi connectivity index (χ4v) is 4.45. The van der Waals surface area contributed by atoms with Gasteiger partial charge in [-0.25, -0.2) is 4.79 Å². The minimum absolute atomic E-state index is 0.0257. The Bertz CT molecular complexity index is 1270. The molecule has 0 aliphatic rings. The first-order chi connectivity index (χ1) is 19.8. The van der Waals surface area contributed by atoms with Crippen molar-refractivity contribution in [3.05, 3.63) is 108 Å². The van der Waals surface area contributed by atoms with Gasteiger partial charge in [0.1, 0.15) is 18.7 Å². The number of hydrogen-bond acceptors (Lipinski definition) is 5. The predicted molar refractivity (Wildman–Crippen MR) is 155 cm³/mol. The number of carbonyl (C=O) groups is 4. The maximum Gasteiger partial charge on any atom is 0.408 e. The van der Waals surface area contributed by atoms with Gasteiger partial charge in [0.05, 0.1) is 12.0 Å². The molecule has 0 heterocycles. The molecule has 9 nitrogen and oxygen atoms in total. The van der Waals surface area contributed by atoms with E-state index in [4.69, 9.17) is 4.74 Å². The zero-order chi connectivity index (χ0) is 29.6. The van der Waals surface area contributed by atoms with Crippen molar-refractivity contribution in [2.45, 2.75) is 57.8 Å². The first-order valence-corrected chi connectivity index (χ1v) is 13.7. The van der Waals surface area contributed by atoms with Gasteiger partial charge in [0.2, 0.25) is 11.8 Å². The molecule has 3 rings (SSSR count). The zero-order valence-electron chi connectivity index (χ0n) is 23.3. The van der Waals surface area contributed by atoms with Crippen LogP contribution in [0.2, 0.25) is 0 Å². The van der Waals surface area contributed by atoms with Gasteiger partial charge in [-0.05, 0) is 36.0 Å². The Balaban J connectivity index is 1.78. The Hall–Kier alpha value is -4.66. The first-order valence-electron chi connectivity index (χ1n) is 13.7. The topological polar surface area (TPSA) is 134 Å². The van der Waals surface area contributed by atoms with Gasteiger partial charge in [-0.2, -0.15) is 0 Å². The van der Waals surface area contributed by atoms with Gasteiger partial charge in [0.25, 0.3) is 0 Å². The number of aliphatic carboxylic acids is 1. The summed E-state index contributed by atoms with van der Waals surface area (Å²) in [6.45, 7) is 3.62. The number of rotatable bonds is 14. The van der Waals surface area contributed by atoms with E-state index in [1.807, 2.05) is 43.3 Å². The average Bonchev–Trinajstić information content (AvgIpc) is 3.00. The van der Waals surface area contributed by atoms with Crippen molar-refractivity contribution >= 4 is 23.9 Å². The van der Waals surface area contributed by atoms with Gasteiger partial charge < -0.3 is 25.8 Å². The van der Waals surface area contributed by atoms with Crippen LogP contribution in [-0.4, -0.2) is 41.1 Å². The number of benzene rings is 3. The Morgan fingerprint density at radius 1 is 0.707 bits per heavy atom. The van der Waals surface area contributed by atoms with Crippen molar-refractivity contribution in [2.75, 3.05) is 0 Å². The highest BCUT2D eigenvalue weighted by molar-refractivity contribution is 5.94. The molecule has 0 bridgehead atoms. The van der Waals surface area contributed by atoms with Crippen LogP contribution in [0.1, 0.15) is 49.4 Å². The van der Waals surface area contributed by atoms with E-state index in [1.54, 1.807) is 61.5 Å². The lowest BCUT2D eigenvalue weighted by Crippen LogP contribution is -2.57. The molecule has 0 aromatic heterocycles. The second-order valence-corrected chi connectivity index (χ2v) is 9.67. The summed E-state index contributed by atoms with van der Waals surface area (Å²) >= 11 is 0. The second kappa shape index (κ2) is 15.8. The Kier molecular flexibility index (Phi) is 11.9. The summed E-state index contributed by atoms with van der Waals surface area (Å²) in [4.78, 5) is 51.9. The molecule has 3 amide bonds. The predicted octanol–water partition coefficient (Wildman–Crippen LogP) is 4.39. The molecule has 41 heavy (non-hydrogen) atoms. The van der Waals surface area contributed by atoms with E-state index in [1.165, 1.54) is 0 Å². The van der Waals surface area contributed by atoms with Crippen molar-refractivity contribution in [2.24, 2.45) is 5.92 Å².